The van der Waals surface area contributed by atoms with Crippen molar-refractivity contribution in [2.24, 2.45) is 0 Å². The van der Waals surface area contributed by atoms with Gasteiger partial charge in [-0.15, -0.1) is 0 Å². The molecule has 4 heteroatoms. The molecule has 0 bridgehead atoms. The number of anilines is 1. The summed E-state index contributed by atoms with van der Waals surface area (Å²) in [7, 11) is 0. The van der Waals surface area contributed by atoms with Crippen LogP contribution >= 0.6 is 0 Å². The van der Waals surface area contributed by atoms with E-state index in [1.54, 1.807) is 0 Å². The maximum Gasteiger partial charge on any atom is 0.144 e. The highest BCUT2D eigenvalue weighted by Crippen LogP contribution is 2.26. The molecule has 3 rings (SSSR count). The predicted molar refractivity (Wildman–Crippen MR) is 79.7 cm³/mol. The lowest BCUT2D eigenvalue weighted by molar-refractivity contribution is 0.226. The summed E-state index contributed by atoms with van der Waals surface area (Å²) in [5.74, 6) is 0.802. The normalized spacial score (nSPS) is 22.3. The van der Waals surface area contributed by atoms with Gasteiger partial charge in [0, 0.05) is 18.3 Å². The minimum atomic E-state index is 0.419. The smallest absolute Gasteiger partial charge is 0.144 e. The second kappa shape index (κ2) is 5.80. The first-order valence-electron chi connectivity index (χ1n) is 7.72. The molecule has 0 radical (unpaired) electrons. The molecule has 1 fully saturated rings. The third kappa shape index (κ3) is 2.64. The highest BCUT2D eigenvalue weighted by molar-refractivity contribution is 5.55. The molecule has 1 aromatic rings. The quantitative estimate of drug-likeness (QED) is 0.916. The number of piperidine rings is 1. The molecule has 2 aliphatic rings. The maximum atomic E-state index is 9.34. The molecule has 4 nitrogen and oxygen atoms in total. The molecular formula is C16H22N4. The van der Waals surface area contributed by atoms with E-state index < -0.39 is 0 Å². The van der Waals surface area contributed by atoms with E-state index in [1.165, 1.54) is 37.1 Å². The number of likely N-dealkylation sites (N-methyl/N-ethyl adjacent to an activating group) is 1. The first kappa shape index (κ1) is 13.4. The summed E-state index contributed by atoms with van der Waals surface area (Å²) < 4.78 is 0. The van der Waals surface area contributed by atoms with E-state index in [0.29, 0.717) is 11.6 Å². The van der Waals surface area contributed by atoms with Crippen molar-refractivity contribution in [2.75, 3.05) is 25.0 Å². The van der Waals surface area contributed by atoms with Crippen molar-refractivity contribution in [3.8, 4) is 6.07 Å². The van der Waals surface area contributed by atoms with E-state index in [2.05, 4.69) is 23.2 Å². The van der Waals surface area contributed by atoms with Gasteiger partial charge in [0.05, 0.1) is 5.56 Å². The molecule has 1 atom stereocenters. The summed E-state index contributed by atoms with van der Waals surface area (Å²) in [6.45, 7) is 5.55. The van der Waals surface area contributed by atoms with Gasteiger partial charge in [0.15, 0.2) is 0 Å². The fourth-order valence-electron chi connectivity index (χ4n) is 3.32. The van der Waals surface area contributed by atoms with Crippen LogP contribution in [0.15, 0.2) is 6.07 Å². The average Bonchev–Trinajstić information content (AvgIpc) is 2.93. The summed E-state index contributed by atoms with van der Waals surface area (Å²) in [5, 5.41) is 12.9. The SMILES string of the molecule is CCN1CCCC(Nc2nc3c(cc2C#N)CCC3)C1. The van der Waals surface area contributed by atoms with Gasteiger partial charge >= 0.3 is 0 Å². The number of hydrogen-bond acceptors (Lipinski definition) is 4. The second-order valence-corrected chi connectivity index (χ2v) is 5.83. The van der Waals surface area contributed by atoms with Gasteiger partial charge in [-0.1, -0.05) is 6.92 Å². The van der Waals surface area contributed by atoms with Crippen molar-refractivity contribution >= 4 is 5.82 Å². The topological polar surface area (TPSA) is 52.0 Å². The summed E-state index contributed by atoms with van der Waals surface area (Å²) in [4.78, 5) is 7.18. The Morgan fingerprint density at radius 3 is 3.15 bits per heavy atom. The standard InChI is InChI=1S/C16H22N4/c1-2-20-8-4-6-14(11-20)18-16-13(10-17)9-12-5-3-7-15(12)19-16/h9,14H,2-8,11H2,1H3,(H,18,19). The van der Waals surface area contributed by atoms with Crippen LogP contribution < -0.4 is 5.32 Å². The lowest BCUT2D eigenvalue weighted by Gasteiger charge is -2.32. The number of aromatic nitrogens is 1. The van der Waals surface area contributed by atoms with Crippen molar-refractivity contribution in [3.63, 3.8) is 0 Å². The zero-order chi connectivity index (χ0) is 13.9. The number of fused-ring (bicyclic) bond motifs is 1. The number of rotatable bonds is 3. The van der Waals surface area contributed by atoms with Gasteiger partial charge in [-0.2, -0.15) is 5.26 Å². The van der Waals surface area contributed by atoms with Gasteiger partial charge in [0.2, 0.25) is 0 Å². The third-order valence-electron chi connectivity index (χ3n) is 4.46. The first-order chi connectivity index (χ1) is 9.80. The molecule has 1 aromatic heterocycles. The van der Waals surface area contributed by atoms with Crippen LogP contribution in [0.3, 0.4) is 0 Å². The van der Waals surface area contributed by atoms with Crippen LogP contribution in [0.25, 0.3) is 0 Å². The number of likely N-dealkylation sites (tertiary alicyclic amines) is 1. The summed E-state index contributed by atoms with van der Waals surface area (Å²) in [6.07, 6.45) is 5.69. The number of nitrogens with one attached hydrogen (secondary N) is 1. The van der Waals surface area contributed by atoms with Gasteiger partial charge in [0.25, 0.3) is 0 Å². The fourth-order valence-corrected chi connectivity index (χ4v) is 3.32. The Bertz CT molecular complexity index is 532. The monoisotopic (exact) mass is 270 g/mol. The number of pyridine rings is 1. The second-order valence-electron chi connectivity index (χ2n) is 5.83. The third-order valence-corrected chi connectivity index (χ3v) is 4.46. The lowest BCUT2D eigenvalue weighted by atomic mass is 10.1. The van der Waals surface area contributed by atoms with E-state index in [4.69, 9.17) is 4.98 Å². The number of aryl methyl sites for hydroxylation is 2. The lowest BCUT2D eigenvalue weighted by Crippen LogP contribution is -2.42. The molecule has 1 aliphatic carbocycles. The van der Waals surface area contributed by atoms with Gasteiger partial charge in [-0.3, -0.25) is 0 Å². The highest BCUT2D eigenvalue weighted by atomic mass is 15.2. The van der Waals surface area contributed by atoms with Gasteiger partial charge in [-0.25, -0.2) is 4.98 Å². The molecule has 1 unspecified atom stereocenters. The van der Waals surface area contributed by atoms with Crippen LogP contribution in [0.1, 0.15) is 43.0 Å². The molecule has 1 N–H and O–H groups in total. The summed E-state index contributed by atoms with van der Waals surface area (Å²) in [6, 6.07) is 4.76. The van der Waals surface area contributed by atoms with Gasteiger partial charge in [0.1, 0.15) is 11.9 Å². The molecule has 1 aliphatic heterocycles. The van der Waals surface area contributed by atoms with Crippen molar-refractivity contribution in [2.45, 2.75) is 45.1 Å². The average molecular weight is 270 g/mol. The van der Waals surface area contributed by atoms with E-state index in [-0.39, 0.29) is 0 Å². The van der Waals surface area contributed by atoms with E-state index in [9.17, 15) is 5.26 Å². The Morgan fingerprint density at radius 1 is 1.45 bits per heavy atom. The van der Waals surface area contributed by atoms with E-state index in [1.807, 2.05) is 6.07 Å². The van der Waals surface area contributed by atoms with Crippen LogP contribution in [0, 0.1) is 11.3 Å². The Balaban J connectivity index is 1.78. The Hall–Kier alpha value is -1.60. The Labute approximate surface area is 120 Å². The minimum absolute atomic E-state index is 0.419. The molecule has 0 aromatic carbocycles. The van der Waals surface area contributed by atoms with Crippen molar-refractivity contribution in [1.29, 1.82) is 5.26 Å². The van der Waals surface area contributed by atoms with Crippen LogP contribution in [-0.4, -0.2) is 35.6 Å². The molecule has 20 heavy (non-hydrogen) atoms. The predicted octanol–water partition coefficient (Wildman–Crippen LogP) is 2.34. The van der Waals surface area contributed by atoms with Crippen molar-refractivity contribution in [3.05, 3.63) is 22.9 Å². The molecule has 0 spiro atoms. The first-order valence-corrected chi connectivity index (χ1v) is 7.72. The van der Waals surface area contributed by atoms with Gasteiger partial charge in [-0.05, 0) is 56.8 Å². The molecule has 106 valence electrons. The zero-order valence-electron chi connectivity index (χ0n) is 12.2. The number of hydrogen-bond donors (Lipinski definition) is 1. The van der Waals surface area contributed by atoms with Crippen molar-refractivity contribution < 1.29 is 0 Å². The Morgan fingerprint density at radius 2 is 2.35 bits per heavy atom. The summed E-state index contributed by atoms with van der Waals surface area (Å²) >= 11 is 0. The van der Waals surface area contributed by atoms with Crippen LogP contribution in [0.5, 0.6) is 0 Å². The fraction of sp³-hybridized carbons (Fsp3) is 0.625. The molecule has 2 heterocycles. The maximum absolute atomic E-state index is 9.34. The minimum Gasteiger partial charge on any atom is -0.365 e. The van der Waals surface area contributed by atoms with Crippen LogP contribution in [0.4, 0.5) is 5.82 Å². The van der Waals surface area contributed by atoms with Crippen LogP contribution in [-0.2, 0) is 12.8 Å². The van der Waals surface area contributed by atoms with Crippen molar-refractivity contribution in [1.82, 2.24) is 9.88 Å². The van der Waals surface area contributed by atoms with E-state index in [0.717, 1.165) is 31.7 Å². The van der Waals surface area contributed by atoms with E-state index >= 15 is 0 Å². The molecule has 1 saturated heterocycles. The van der Waals surface area contributed by atoms with Gasteiger partial charge < -0.3 is 10.2 Å². The highest BCUT2D eigenvalue weighted by Gasteiger charge is 2.22. The molecular weight excluding hydrogens is 248 g/mol. The number of nitriles is 1. The largest absolute Gasteiger partial charge is 0.365 e. The number of nitrogens with zero attached hydrogens (tertiary/aromatic N) is 3. The summed E-state index contributed by atoms with van der Waals surface area (Å²) in [5.41, 5.74) is 3.17. The Kier molecular flexibility index (Phi) is 3.88. The molecule has 0 saturated carbocycles. The molecule has 0 amide bonds. The van der Waals surface area contributed by atoms with Crippen LogP contribution in [0.2, 0.25) is 0 Å². The zero-order valence-corrected chi connectivity index (χ0v) is 12.2.